The van der Waals surface area contributed by atoms with Crippen LogP contribution in [0.25, 0.3) is 0 Å². The summed E-state index contributed by atoms with van der Waals surface area (Å²) in [4.78, 5) is 14.9. The molecule has 1 amide bonds. The van der Waals surface area contributed by atoms with Crippen molar-refractivity contribution in [3.8, 4) is 0 Å². The second kappa shape index (κ2) is 6.44. The lowest BCUT2D eigenvalue weighted by Gasteiger charge is -2.35. The minimum absolute atomic E-state index is 0.0134. The maximum absolute atomic E-state index is 12.8. The Hall–Kier alpha value is -0.610. The number of rotatable bonds is 5. The molecule has 116 valence electrons. The first-order valence-electron chi connectivity index (χ1n) is 8.06. The van der Waals surface area contributed by atoms with Crippen LogP contribution in [0.1, 0.15) is 53.4 Å². The van der Waals surface area contributed by atoms with Gasteiger partial charge in [-0.2, -0.15) is 0 Å². The van der Waals surface area contributed by atoms with E-state index < -0.39 is 0 Å². The van der Waals surface area contributed by atoms with Gasteiger partial charge in [-0.15, -0.1) is 0 Å². The van der Waals surface area contributed by atoms with E-state index in [1.807, 2.05) is 0 Å². The fourth-order valence-corrected chi connectivity index (χ4v) is 3.70. The summed E-state index contributed by atoms with van der Waals surface area (Å²) in [5.74, 6) is 1.24. The summed E-state index contributed by atoms with van der Waals surface area (Å²) < 4.78 is 5.61. The van der Waals surface area contributed by atoms with Gasteiger partial charge >= 0.3 is 0 Å². The van der Waals surface area contributed by atoms with Gasteiger partial charge in [0, 0.05) is 7.11 Å². The summed E-state index contributed by atoms with van der Waals surface area (Å²) in [5.41, 5.74) is 0. The standard InChI is InChI=1S/C16H30N2O2/c1-10(2)9-12-16(19)18(15(17-12)11(3)4)13-7-6-8-14(13)20-5/h10-15,17H,6-9H2,1-5H3. The number of nitrogens with one attached hydrogen (secondary N) is 1. The molecule has 1 aliphatic carbocycles. The summed E-state index contributed by atoms with van der Waals surface area (Å²) in [6.07, 6.45) is 4.59. The van der Waals surface area contributed by atoms with Gasteiger partial charge in [-0.05, 0) is 37.5 Å². The third-order valence-electron chi connectivity index (χ3n) is 4.64. The second-order valence-electron chi connectivity index (χ2n) is 7.06. The predicted octanol–water partition coefficient (Wildman–Crippen LogP) is 2.38. The van der Waals surface area contributed by atoms with Crippen molar-refractivity contribution in [1.29, 1.82) is 0 Å². The van der Waals surface area contributed by atoms with E-state index >= 15 is 0 Å². The Morgan fingerprint density at radius 1 is 1.30 bits per heavy atom. The van der Waals surface area contributed by atoms with E-state index in [4.69, 9.17) is 4.74 Å². The first-order chi connectivity index (χ1) is 9.45. The zero-order valence-electron chi connectivity index (χ0n) is 13.6. The van der Waals surface area contributed by atoms with Gasteiger partial charge in [0.1, 0.15) is 0 Å². The lowest BCUT2D eigenvalue weighted by Crippen LogP contribution is -2.50. The number of hydrogen-bond donors (Lipinski definition) is 1. The monoisotopic (exact) mass is 282 g/mol. The third-order valence-corrected chi connectivity index (χ3v) is 4.64. The van der Waals surface area contributed by atoms with Gasteiger partial charge in [-0.3, -0.25) is 10.1 Å². The van der Waals surface area contributed by atoms with Crippen molar-refractivity contribution in [1.82, 2.24) is 10.2 Å². The van der Waals surface area contributed by atoms with Crippen molar-refractivity contribution in [2.45, 2.75) is 77.7 Å². The Morgan fingerprint density at radius 3 is 2.55 bits per heavy atom. The Balaban J connectivity index is 2.17. The Bertz CT molecular complexity index is 343. The first-order valence-corrected chi connectivity index (χ1v) is 8.06. The molecule has 4 nitrogen and oxygen atoms in total. The van der Waals surface area contributed by atoms with Gasteiger partial charge in [0.25, 0.3) is 0 Å². The molecule has 0 aromatic carbocycles. The van der Waals surface area contributed by atoms with Crippen molar-refractivity contribution < 1.29 is 9.53 Å². The highest BCUT2D eigenvalue weighted by atomic mass is 16.5. The first kappa shape index (κ1) is 15.8. The van der Waals surface area contributed by atoms with E-state index in [1.54, 1.807) is 7.11 Å². The van der Waals surface area contributed by atoms with Crippen LogP contribution in [0, 0.1) is 11.8 Å². The number of amides is 1. The van der Waals surface area contributed by atoms with E-state index in [0.29, 0.717) is 11.8 Å². The number of carbonyl (C=O) groups excluding carboxylic acids is 1. The van der Waals surface area contributed by atoms with E-state index in [2.05, 4.69) is 37.9 Å². The van der Waals surface area contributed by atoms with Gasteiger partial charge in [0.2, 0.25) is 5.91 Å². The minimum Gasteiger partial charge on any atom is -0.379 e. The number of hydrogen-bond acceptors (Lipinski definition) is 3. The summed E-state index contributed by atoms with van der Waals surface area (Å²) in [6, 6.07) is 0.241. The van der Waals surface area contributed by atoms with Gasteiger partial charge < -0.3 is 9.64 Å². The lowest BCUT2D eigenvalue weighted by molar-refractivity contribution is -0.135. The van der Waals surface area contributed by atoms with E-state index in [-0.39, 0.29) is 30.3 Å². The number of ether oxygens (including phenoxy) is 1. The SMILES string of the molecule is COC1CCCC1N1C(=O)C(CC(C)C)NC1C(C)C. The van der Waals surface area contributed by atoms with Crippen molar-refractivity contribution in [3.05, 3.63) is 0 Å². The number of nitrogens with zero attached hydrogens (tertiary/aromatic N) is 1. The summed E-state index contributed by atoms with van der Waals surface area (Å²) in [7, 11) is 1.77. The molecule has 0 spiro atoms. The molecule has 0 aromatic heterocycles. The fourth-order valence-electron chi connectivity index (χ4n) is 3.70. The molecule has 20 heavy (non-hydrogen) atoms. The quantitative estimate of drug-likeness (QED) is 0.842. The van der Waals surface area contributed by atoms with E-state index in [9.17, 15) is 4.79 Å². The third kappa shape index (κ3) is 3.01. The zero-order valence-corrected chi connectivity index (χ0v) is 13.6. The average molecular weight is 282 g/mol. The van der Waals surface area contributed by atoms with Crippen molar-refractivity contribution in [2.75, 3.05) is 7.11 Å². The topological polar surface area (TPSA) is 41.6 Å². The van der Waals surface area contributed by atoms with Crippen LogP contribution in [-0.2, 0) is 9.53 Å². The van der Waals surface area contributed by atoms with Crippen LogP contribution >= 0.6 is 0 Å². The zero-order chi connectivity index (χ0) is 14.9. The molecule has 1 N–H and O–H groups in total. The van der Waals surface area contributed by atoms with Crippen LogP contribution in [0.2, 0.25) is 0 Å². The molecule has 1 heterocycles. The lowest BCUT2D eigenvalue weighted by atomic mass is 10.0. The summed E-state index contributed by atoms with van der Waals surface area (Å²) in [6.45, 7) is 8.73. The number of methoxy groups -OCH3 is 1. The van der Waals surface area contributed by atoms with Gasteiger partial charge in [-0.25, -0.2) is 0 Å². The molecule has 2 fully saturated rings. The van der Waals surface area contributed by atoms with Gasteiger partial charge in [0.05, 0.1) is 24.4 Å². The summed E-state index contributed by atoms with van der Waals surface area (Å²) in [5, 5.41) is 3.56. The fraction of sp³-hybridized carbons (Fsp3) is 0.938. The molecule has 0 bridgehead atoms. The van der Waals surface area contributed by atoms with Crippen LogP contribution in [0.3, 0.4) is 0 Å². The molecule has 1 saturated carbocycles. The predicted molar refractivity (Wildman–Crippen MR) is 80.3 cm³/mol. The Morgan fingerprint density at radius 2 is 2.00 bits per heavy atom. The molecule has 4 heteroatoms. The van der Waals surface area contributed by atoms with Crippen molar-refractivity contribution in [2.24, 2.45) is 11.8 Å². The van der Waals surface area contributed by atoms with Gasteiger partial charge in [-0.1, -0.05) is 27.7 Å². The van der Waals surface area contributed by atoms with E-state index in [0.717, 1.165) is 25.7 Å². The van der Waals surface area contributed by atoms with Crippen LogP contribution < -0.4 is 5.32 Å². The Kier molecular flexibility index (Phi) is 5.08. The molecule has 2 rings (SSSR count). The van der Waals surface area contributed by atoms with Gasteiger partial charge in [0.15, 0.2) is 0 Å². The molecule has 4 unspecified atom stereocenters. The number of carbonyl (C=O) groups is 1. The molecule has 0 radical (unpaired) electrons. The minimum atomic E-state index is -0.0134. The summed E-state index contributed by atoms with van der Waals surface area (Å²) >= 11 is 0. The molecular formula is C16H30N2O2. The second-order valence-corrected chi connectivity index (χ2v) is 7.06. The molecule has 1 aliphatic heterocycles. The highest BCUT2D eigenvalue weighted by Crippen LogP contribution is 2.32. The largest absolute Gasteiger partial charge is 0.379 e. The van der Waals surface area contributed by atoms with Crippen LogP contribution in [-0.4, -0.2) is 42.3 Å². The molecule has 2 aliphatic rings. The molecule has 1 saturated heterocycles. The van der Waals surface area contributed by atoms with Crippen LogP contribution in [0.4, 0.5) is 0 Å². The van der Waals surface area contributed by atoms with Crippen LogP contribution in [0.15, 0.2) is 0 Å². The normalized spacial score (nSPS) is 34.8. The smallest absolute Gasteiger partial charge is 0.241 e. The van der Waals surface area contributed by atoms with Crippen molar-refractivity contribution >= 4 is 5.91 Å². The molecule has 0 aromatic rings. The molecular weight excluding hydrogens is 252 g/mol. The van der Waals surface area contributed by atoms with Crippen LogP contribution in [0.5, 0.6) is 0 Å². The Labute approximate surface area is 123 Å². The van der Waals surface area contributed by atoms with Crippen molar-refractivity contribution in [3.63, 3.8) is 0 Å². The average Bonchev–Trinajstić information content (AvgIpc) is 2.94. The maximum atomic E-state index is 12.8. The highest BCUT2D eigenvalue weighted by molar-refractivity contribution is 5.84. The van der Waals surface area contributed by atoms with E-state index in [1.165, 1.54) is 0 Å². The maximum Gasteiger partial charge on any atom is 0.241 e. The molecule has 4 atom stereocenters. The highest BCUT2D eigenvalue weighted by Gasteiger charge is 2.47.